The molecule has 0 unspecified atom stereocenters. The minimum Gasteiger partial charge on any atom is -0.465 e. The first-order valence-corrected chi connectivity index (χ1v) is 9.34. The van der Waals surface area contributed by atoms with Gasteiger partial charge in [-0.25, -0.2) is 4.79 Å². The summed E-state index contributed by atoms with van der Waals surface area (Å²) in [5, 5.41) is 2.98. The van der Waals surface area contributed by atoms with Crippen LogP contribution >= 0.6 is 0 Å². The molecule has 0 aromatic heterocycles. The van der Waals surface area contributed by atoms with Crippen molar-refractivity contribution in [3.63, 3.8) is 0 Å². The smallest absolute Gasteiger partial charge is 0.339 e. The topological polar surface area (TPSA) is 55.4 Å². The second kappa shape index (κ2) is 8.99. The number of carbonyl (C=O) groups is 2. The maximum Gasteiger partial charge on any atom is 0.339 e. The van der Waals surface area contributed by atoms with Crippen LogP contribution in [0.25, 0.3) is 0 Å². The molecular formula is C20H31N2O3+. The van der Waals surface area contributed by atoms with Crippen LogP contribution in [-0.4, -0.2) is 49.6 Å². The lowest BCUT2D eigenvalue weighted by Crippen LogP contribution is -2.53. The average molecular weight is 347 g/mol. The fraction of sp³-hybridized carbons (Fsp3) is 0.600. The number of rotatable bonds is 5. The highest BCUT2D eigenvalue weighted by Crippen LogP contribution is 2.23. The van der Waals surface area contributed by atoms with E-state index in [-0.39, 0.29) is 5.91 Å². The molecule has 1 aliphatic rings. The van der Waals surface area contributed by atoms with E-state index in [0.29, 0.717) is 17.8 Å². The van der Waals surface area contributed by atoms with Crippen LogP contribution < -0.4 is 5.32 Å². The van der Waals surface area contributed by atoms with Crippen LogP contribution in [0.3, 0.4) is 0 Å². The number of para-hydroxylation sites is 1. The highest BCUT2D eigenvalue weighted by Gasteiger charge is 2.29. The quantitative estimate of drug-likeness (QED) is 0.655. The maximum atomic E-state index is 12.8. The van der Waals surface area contributed by atoms with E-state index in [4.69, 9.17) is 4.74 Å². The number of methoxy groups -OCH3 is 1. The number of aryl methyl sites for hydroxylation is 1. The second-order valence-electron chi connectivity index (χ2n) is 7.07. The van der Waals surface area contributed by atoms with Crippen molar-refractivity contribution in [3.05, 3.63) is 29.3 Å². The van der Waals surface area contributed by atoms with Crippen molar-refractivity contribution in [2.24, 2.45) is 0 Å². The van der Waals surface area contributed by atoms with Crippen LogP contribution in [0.2, 0.25) is 0 Å². The lowest BCUT2D eigenvalue weighted by Gasteiger charge is -2.38. The van der Waals surface area contributed by atoms with Crippen molar-refractivity contribution in [1.29, 1.82) is 0 Å². The zero-order chi connectivity index (χ0) is 18.3. The molecule has 1 fully saturated rings. The largest absolute Gasteiger partial charge is 0.465 e. The monoisotopic (exact) mass is 347 g/mol. The van der Waals surface area contributed by atoms with Gasteiger partial charge in [0.2, 0.25) is 0 Å². The molecule has 0 saturated carbocycles. The molecule has 0 aliphatic carbocycles. The number of likely N-dealkylation sites (tertiary alicyclic amines) is 1. The standard InChI is InChI=1S/C20H30N2O3/c1-4-22(13-8-6-5-7-9-14-22)15-18(23)21-19-16(2)11-10-12-17(19)20(24)25-3/h10-12H,4-9,13-15H2,1-3H3/p+1. The van der Waals surface area contributed by atoms with Gasteiger partial charge in [0.25, 0.3) is 5.91 Å². The minimum atomic E-state index is -0.426. The molecule has 0 atom stereocenters. The van der Waals surface area contributed by atoms with Gasteiger partial charge in [0, 0.05) is 0 Å². The van der Waals surface area contributed by atoms with E-state index in [0.717, 1.165) is 29.7 Å². The molecule has 1 aromatic rings. The molecule has 5 heteroatoms. The van der Waals surface area contributed by atoms with Crippen LogP contribution in [0.4, 0.5) is 5.69 Å². The van der Waals surface area contributed by atoms with Crippen molar-refractivity contribution in [2.75, 3.05) is 38.6 Å². The van der Waals surface area contributed by atoms with Crippen molar-refractivity contribution < 1.29 is 18.8 Å². The summed E-state index contributed by atoms with van der Waals surface area (Å²) in [4.78, 5) is 24.8. The summed E-state index contributed by atoms with van der Waals surface area (Å²) < 4.78 is 5.68. The summed E-state index contributed by atoms with van der Waals surface area (Å²) in [6.07, 6.45) is 6.18. The van der Waals surface area contributed by atoms with E-state index < -0.39 is 5.97 Å². The molecule has 25 heavy (non-hydrogen) atoms. The molecule has 1 amide bonds. The van der Waals surface area contributed by atoms with E-state index in [9.17, 15) is 9.59 Å². The van der Waals surface area contributed by atoms with Gasteiger partial charge in [-0.1, -0.05) is 18.6 Å². The van der Waals surface area contributed by atoms with E-state index in [1.807, 2.05) is 13.0 Å². The molecule has 1 heterocycles. The molecule has 0 spiro atoms. The number of hydrogen-bond acceptors (Lipinski definition) is 3. The fourth-order valence-electron chi connectivity index (χ4n) is 3.72. The highest BCUT2D eigenvalue weighted by atomic mass is 16.5. The lowest BCUT2D eigenvalue weighted by atomic mass is 10.1. The number of carbonyl (C=O) groups excluding carboxylic acids is 2. The number of anilines is 1. The van der Waals surface area contributed by atoms with E-state index in [1.54, 1.807) is 12.1 Å². The Hall–Kier alpha value is -1.88. The zero-order valence-electron chi connectivity index (χ0n) is 15.8. The van der Waals surface area contributed by atoms with Gasteiger partial charge in [-0.05, 0) is 51.2 Å². The average Bonchev–Trinajstić information content (AvgIpc) is 2.58. The van der Waals surface area contributed by atoms with Gasteiger partial charge >= 0.3 is 5.97 Å². The Labute approximate surface area is 150 Å². The van der Waals surface area contributed by atoms with E-state index in [2.05, 4.69) is 12.2 Å². The Morgan fingerprint density at radius 2 is 1.76 bits per heavy atom. The van der Waals surface area contributed by atoms with Crippen LogP contribution in [0.1, 0.15) is 54.9 Å². The third-order valence-corrected chi connectivity index (χ3v) is 5.36. The van der Waals surface area contributed by atoms with Crippen LogP contribution in [0.5, 0.6) is 0 Å². The molecule has 5 nitrogen and oxygen atoms in total. The summed E-state index contributed by atoms with van der Waals surface area (Å²) in [5.41, 5.74) is 1.85. The third-order valence-electron chi connectivity index (χ3n) is 5.36. The number of esters is 1. The number of quaternary nitrogens is 1. The second-order valence-corrected chi connectivity index (χ2v) is 7.07. The number of hydrogen-bond donors (Lipinski definition) is 1. The SMILES string of the molecule is CC[N+]1(CC(=O)Nc2c(C)cccc2C(=O)OC)CCCCCCC1. The predicted molar refractivity (Wildman–Crippen MR) is 99.6 cm³/mol. The molecule has 138 valence electrons. The van der Waals surface area contributed by atoms with Gasteiger partial charge in [-0.15, -0.1) is 0 Å². The van der Waals surface area contributed by atoms with Crippen molar-refractivity contribution in [3.8, 4) is 0 Å². The predicted octanol–water partition coefficient (Wildman–Crippen LogP) is 3.52. The first-order chi connectivity index (χ1) is 12.0. The molecule has 1 N–H and O–H groups in total. The Balaban J connectivity index is 2.15. The van der Waals surface area contributed by atoms with Crippen molar-refractivity contribution >= 4 is 17.6 Å². The highest BCUT2D eigenvalue weighted by molar-refractivity contribution is 6.02. The molecule has 1 saturated heterocycles. The number of benzene rings is 1. The van der Waals surface area contributed by atoms with E-state index in [1.165, 1.54) is 39.2 Å². The van der Waals surface area contributed by atoms with Gasteiger partial charge in [0.15, 0.2) is 6.54 Å². The van der Waals surface area contributed by atoms with Crippen molar-refractivity contribution in [2.45, 2.75) is 46.0 Å². The van der Waals surface area contributed by atoms with Gasteiger partial charge in [0.1, 0.15) is 0 Å². The molecular weight excluding hydrogens is 316 g/mol. The number of ether oxygens (including phenoxy) is 1. The molecule has 1 aromatic carbocycles. The van der Waals surface area contributed by atoms with Crippen LogP contribution in [0, 0.1) is 6.92 Å². The Kier molecular flexibility index (Phi) is 7.00. The Morgan fingerprint density at radius 3 is 2.36 bits per heavy atom. The Morgan fingerprint density at radius 1 is 1.12 bits per heavy atom. The van der Waals surface area contributed by atoms with Crippen molar-refractivity contribution in [1.82, 2.24) is 0 Å². The first kappa shape index (κ1) is 19.4. The summed E-state index contributed by atoms with van der Waals surface area (Å²) in [6.45, 7) is 7.60. The number of nitrogens with zero attached hydrogens (tertiary/aromatic N) is 1. The zero-order valence-corrected chi connectivity index (χ0v) is 15.8. The maximum absolute atomic E-state index is 12.8. The number of likely N-dealkylation sites (N-methyl/N-ethyl adjacent to an activating group) is 1. The summed E-state index contributed by atoms with van der Waals surface area (Å²) in [6, 6.07) is 5.38. The van der Waals surface area contributed by atoms with Gasteiger partial charge < -0.3 is 14.5 Å². The lowest BCUT2D eigenvalue weighted by molar-refractivity contribution is -0.919. The van der Waals surface area contributed by atoms with Crippen LogP contribution in [-0.2, 0) is 9.53 Å². The summed E-state index contributed by atoms with van der Waals surface area (Å²) in [7, 11) is 1.35. The third kappa shape index (κ3) is 5.05. The first-order valence-electron chi connectivity index (χ1n) is 9.34. The summed E-state index contributed by atoms with van der Waals surface area (Å²) >= 11 is 0. The molecule has 0 bridgehead atoms. The van der Waals surface area contributed by atoms with Gasteiger partial charge in [-0.2, -0.15) is 0 Å². The summed E-state index contributed by atoms with van der Waals surface area (Å²) in [5.74, 6) is -0.452. The number of nitrogens with one attached hydrogen (secondary N) is 1. The molecule has 1 aliphatic heterocycles. The van der Waals surface area contributed by atoms with Gasteiger partial charge in [0.05, 0.1) is 38.0 Å². The van der Waals surface area contributed by atoms with E-state index >= 15 is 0 Å². The molecule has 2 rings (SSSR count). The normalized spacial score (nSPS) is 17.2. The fourth-order valence-corrected chi connectivity index (χ4v) is 3.72. The Bertz CT molecular complexity index is 605. The van der Waals surface area contributed by atoms with Crippen LogP contribution in [0.15, 0.2) is 18.2 Å². The minimum absolute atomic E-state index is 0.0260. The molecule has 0 radical (unpaired) electrons. The number of amides is 1. The van der Waals surface area contributed by atoms with Gasteiger partial charge in [-0.3, -0.25) is 4.79 Å².